The highest BCUT2D eigenvalue weighted by atomic mass is 127. The van der Waals surface area contributed by atoms with Crippen LogP contribution in [0.4, 0.5) is 21.6 Å². The maximum atomic E-state index is 14.9. The number of anilines is 3. The highest BCUT2D eigenvalue weighted by Gasteiger charge is 2.31. The Kier molecular flexibility index (Phi) is 7.53. The number of pyridine rings is 1. The summed E-state index contributed by atoms with van der Waals surface area (Å²) >= 11 is 8.37. The minimum atomic E-state index is -3.98. The summed E-state index contributed by atoms with van der Waals surface area (Å²) in [6.45, 7) is -0.112. The number of nitrogens with one attached hydrogen (secondary N) is 4. The third kappa shape index (κ3) is 6.65. The number of carbonyl (C=O) groups excluding carboxylic acids is 1. The van der Waals surface area contributed by atoms with Gasteiger partial charge in [-0.25, -0.2) is 4.39 Å². The van der Waals surface area contributed by atoms with Gasteiger partial charge >= 0.3 is 0 Å². The van der Waals surface area contributed by atoms with Crippen LogP contribution in [0, 0.1) is 16.3 Å². The predicted octanol–water partition coefficient (Wildman–Crippen LogP) is 4.79. The van der Waals surface area contributed by atoms with E-state index >= 15 is 0 Å². The van der Waals surface area contributed by atoms with Crippen LogP contribution in [0.25, 0.3) is 0 Å². The molecule has 4 rings (SSSR count). The number of aromatic nitrogens is 1. The van der Waals surface area contributed by atoms with Gasteiger partial charge in [0.25, 0.3) is 21.7 Å². The van der Waals surface area contributed by atoms with E-state index in [2.05, 4.69) is 20.1 Å². The second-order valence-electron chi connectivity index (χ2n) is 8.64. The van der Waals surface area contributed by atoms with Crippen LogP contribution in [-0.4, -0.2) is 31.5 Å². The second-order valence-corrected chi connectivity index (χ2v) is 11.8. The summed E-state index contributed by atoms with van der Waals surface area (Å²) in [6, 6.07) is 8.07. The van der Waals surface area contributed by atoms with E-state index in [0.717, 1.165) is 0 Å². The Hall–Kier alpha value is -2.88. The van der Waals surface area contributed by atoms with Crippen molar-refractivity contribution in [2.75, 3.05) is 16.6 Å². The molecule has 0 saturated heterocycles. The fourth-order valence-electron chi connectivity index (χ4n) is 3.58. The molecule has 0 radical (unpaired) electrons. The van der Waals surface area contributed by atoms with Gasteiger partial charge in [-0.1, -0.05) is 24.6 Å². The number of benzene rings is 2. The van der Waals surface area contributed by atoms with Crippen molar-refractivity contribution in [1.29, 1.82) is 0 Å². The lowest BCUT2D eigenvalue weighted by molar-refractivity contribution is 0.0948. The van der Waals surface area contributed by atoms with E-state index in [0.29, 0.717) is 21.0 Å². The average Bonchev–Trinajstić information content (AvgIpc) is 3.69. The highest BCUT2D eigenvalue weighted by molar-refractivity contribution is 14.1. The standard InChI is InChI=1S/C25H26ClFIN5O5S/c1-4-29-39(36,37)32-18-6-5-7-19(21(18)26)38-22-13(2)25(35)33(3)23(20(22)24(34)30-15-9-10-15)31-17-11-8-14(28)12-16(17)27/h5-8,11-12,15,29,31-32H,4,9-10H2,1-3H3,(H,30,34)/i3D3. The summed E-state index contributed by atoms with van der Waals surface area (Å²) in [5, 5.41) is 5.19. The molecule has 1 amide bonds. The Labute approximate surface area is 247 Å². The molecular weight excluding hydrogens is 664 g/mol. The maximum Gasteiger partial charge on any atom is 0.299 e. The van der Waals surface area contributed by atoms with Gasteiger partial charge in [-0.05, 0) is 72.7 Å². The highest BCUT2D eigenvalue weighted by Crippen LogP contribution is 2.39. The molecule has 1 fully saturated rings. The van der Waals surface area contributed by atoms with E-state index in [1.807, 2.05) is 22.6 Å². The molecule has 14 heteroatoms. The van der Waals surface area contributed by atoms with Crippen LogP contribution < -0.4 is 30.4 Å². The smallest absolute Gasteiger partial charge is 0.299 e. The summed E-state index contributed by atoms with van der Waals surface area (Å²) in [4.78, 5) is 27.2. The van der Waals surface area contributed by atoms with E-state index in [1.54, 1.807) is 13.0 Å². The van der Waals surface area contributed by atoms with Gasteiger partial charge in [-0.3, -0.25) is 18.9 Å². The number of ether oxygens (including phenoxy) is 1. The molecule has 10 nitrogen and oxygen atoms in total. The molecule has 0 spiro atoms. The Morgan fingerprint density at radius 2 is 2.03 bits per heavy atom. The van der Waals surface area contributed by atoms with E-state index in [4.69, 9.17) is 20.5 Å². The van der Waals surface area contributed by atoms with Crippen LogP contribution in [0.2, 0.25) is 5.02 Å². The molecule has 1 heterocycles. The number of amides is 1. The lowest BCUT2D eigenvalue weighted by Crippen LogP contribution is -2.32. The van der Waals surface area contributed by atoms with Crippen LogP contribution in [0.3, 0.4) is 0 Å². The van der Waals surface area contributed by atoms with Crippen molar-refractivity contribution in [3.05, 3.63) is 72.3 Å². The molecule has 1 aliphatic carbocycles. The van der Waals surface area contributed by atoms with Gasteiger partial charge in [-0.2, -0.15) is 13.1 Å². The SMILES string of the molecule is [2H]C([2H])([2H])n1c(Nc2ccc(I)cc2F)c(C(=O)NC2CC2)c(Oc2cccc(NS(=O)(=O)NCC)c2Cl)c(C)c1=O. The average molecular weight is 693 g/mol. The lowest BCUT2D eigenvalue weighted by Gasteiger charge is -2.22. The maximum absolute atomic E-state index is 14.9. The van der Waals surface area contributed by atoms with Gasteiger partial charge in [0.05, 0.1) is 16.9 Å². The zero-order chi connectivity index (χ0) is 31.0. The van der Waals surface area contributed by atoms with Gasteiger partial charge in [0.1, 0.15) is 28.0 Å². The zero-order valence-electron chi connectivity index (χ0n) is 23.7. The Morgan fingerprint density at radius 1 is 1.28 bits per heavy atom. The normalized spacial score (nSPS) is 14.6. The van der Waals surface area contributed by atoms with E-state index < -0.39 is 40.3 Å². The van der Waals surface area contributed by atoms with Crippen molar-refractivity contribution >= 4 is 67.5 Å². The molecule has 1 saturated carbocycles. The molecule has 2 aromatic carbocycles. The number of carbonyl (C=O) groups is 1. The van der Waals surface area contributed by atoms with Crippen molar-refractivity contribution in [3.63, 3.8) is 0 Å². The zero-order valence-corrected chi connectivity index (χ0v) is 24.4. The molecule has 0 aliphatic heterocycles. The number of hydrogen-bond acceptors (Lipinski definition) is 6. The predicted molar refractivity (Wildman–Crippen MR) is 157 cm³/mol. The third-order valence-electron chi connectivity index (χ3n) is 5.63. The summed E-state index contributed by atoms with van der Waals surface area (Å²) < 4.78 is 75.1. The molecule has 39 heavy (non-hydrogen) atoms. The van der Waals surface area contributed by atoms with Gasteiger partial charge in [0.2, 0.25) is 0 Å². The minimum absolute atomic E-state index is 0.0631. The molecule has 4 N–H and O–H groups in total. The number of nitrogens with zero attached hydrogens (tertiary/aromatic N) is 1. The van der Waals surface area contributed by atoms with Crippen LogP contribution in [0.5, 0.6) is 11.5 Å². The molecule has 3 aromatic rings. The molecule has 0 unspecified atom stereocenters. The summed E-state index contributed by atoms with van der Waals surface area (Å²) in [5.41, 5.74) is -1.94. The van der Waals surface area contributed by atoms with Gasteiger partial charge in [-0.15, -0.1) is 0 Å². The summed E-state index contributed by atoms with van der Waals surface area (Å²) in [6.07, 6.45) is 1.38. The van der Waals surface area contributed by atoms with E-state index in [1.165, 1.54) is 37.3 Å². The quantitative estimate of drug-likeness (QED) is 0.226. The molecule has 1 aliphatic rings. The van der Waals surface area contributed by atoms with Gasteiger partial charge in [0.15, 0.2) is 5.75 Å². The lowest BCUT2D eigenvalue weighted by atomic mass is 10.1. The fraction of sp³-hybridized carbons (Fsp3) is 0.280. The summed E-state index contributed by atoms with van der Waals surface area (Å²) in [5.74, 6) is -2.55. The van der Waals surface area contributed by atoms with E-state index in [-0.39, 0.29) is 51.6 Å². The molecular formula is C25H26ClFIN5O5S. The Balaban J connectivity index is 1.95. The first-order valence-electron chi connectivity index (χ1n) is 13.2. The number of halogens is 3. The van der Waals surface area contributed by atoms with Gasteiger partial charge < -0.3 is 15.4 Å². The van der Waals surface area contributed by atoms with Gasteiger partial charge in [0, 0.05) is 27.2 Å². The Bertz CT molecular complexity index is 1720. The minimum Gasteiger partial charge on any atom is -0.454 e. The van der Waals surface area contributed by atoms with Crippen molar-refractivity contribution in [2.45, 2.75) is 32.7 Å². The van der Waals surface area contributed by atoms with E-state index in [9.17, 15) is 22.4 Å². The monoisotopic (exact) mass is 692 g/mol. The molecule has 1 aromatic heterocycles. The van der Waals surface area contributed by atoms with Crippen LogP contribution >= 0.6 is 34.2 Å². The fourth-order valence-corrected chi connectivity index (χ4v) is 5.22. The largest absolute Gasteiger partial charge is 0.454 e. The van der Waals surface area contributed by atoms with Crippen LogP contribution in [-0.2, 0) is 17.2 Å². The first-order chi connectivity index (χ1) is 19.6. The first kappa shape index (κ1) is 25.1. The first-order valence-corrected chi connectivity index (χ1v) is 14.6. The topological polar surface area (TPSA) is 131 Å². The number of rotatable bonds is 10. The number of hydrogen-bond donors (Lipinski definition) is 4. The second kappa shape index (κ2) is 11.7. The van der Waals surface area contributed by atoms with Crippen molar-refractivity contribution in [1.82, 2.24) is 14.6 Å². The van der Waals surface area contributed by atoms with Crippen molar-refractivity contribution in [3.8, 4) is 11.5 Å². The van der Waals surface area contributed by atoms with Crippen LogP contribution in [0.15, 0.2) is 41.2 Å². The van der Waals surface area contributed by atoms with Crippen molar-refractivity contribution < 1.29 is 26.5 Å². The Morgan fingerprint density at radius 3 is 2.67 bits per heavy atom. The van der Waals surface area contributed by atoms with Crippen LogP contribution in [0.1, 0.15) is 39.8 Å². The van der Waals surface area contributed by atoms with Crippen molar-refractivity contribution in [2.24, 2.45) is 6.98 Å². The molecule has 0 bridgehead atoms. The summed E-state index contributed by atoms with van der Waals surface area (Å²) in [7, 11) is -3.98. The molecule has 0 atom stereocenters. The molecule has 208 valence electrons. The third-order valence-corrected chi connectivity index (χ3v) is 7.85.